The quantitative estimate of drug-likeness (QED) is 0.362. The second-order valence-corrected chi connectivity index (χ2v) is 9.69. The largest absolute Gasteiger partial charge is 0.205 e. The van der Waals surface area contributed by atoms with E-state index in [9.17, 15) is 8.78 Å². The van der Waals surface area contributed by atoms with Gasteiger partial charge in [-0.3, -0.25) is 0 Å². The smallest absolute Gasteiger partial charge is 0.145 e. The molecule has 1 aromatic rings. The van der Waals surface area contributed by atoms with Crippen molar-refractivity contribution in [2.45, 2.75) is 70.1 Å². The summed E-state index contributed by atoms with van der Waals surface area (Å²) >= 11 is 5.65. The van der Waals surface area contributed by atoms with Gasteiger partial charge in [0, 0.05) is 0 Å². The van der Waals surface area contributed by atoms with Crippen LogP contribution in [-0.4, -0.2) is 0 Å². The van der Waals surface area contributed by atoms with Crippen LogP contribution in [0.2, 0.25) is 5.02 Å². The third kappa shape index (κ3) is 4.11. The van der Waals surface area contributed by atoms with E-state index in [-0.39, 0.29) is 10.9 Å². The van der Waals surface area contributed by atoms with Crippen LogP contribution in [0.25, 0.3) is 0 Å². The van der Waals surface area contributed by atoms with Crippen molar-refractivity contribution in [3.63, 3.8) is 0 Å². The van der Waals surface area contributed by atoms with E-state index in [0.717, 1.165) is 48.0 Å². The van der Waals surface area contributed by atoms with E-state index in [1.165, 1.54) is 63.5 Å². The molecule has 0 aliphatic heterocycles. The van der Waals surface area contributed by atoms with Gasteiger partial charge in [-0.1, -0.05) is 17.7 Å². The standard InChI is InChI=1S/C24H31ClF2/c1-2-15-3-5-16(6-4-15)17-7-8-19-12-20(10-9-18(19)11-17)21-13-22(26)24(25)23(27)14-21/h2,13-20H,1,3-12H2. The van der Waals surface area contributed by atoms with Crippen LogP contribution in [0.1, 0.15) is 75.7 Å². The summed E-state index contributed by atoms with van der Waals surface area (Å²) in [6.45, 7) is 3.97. The first kappa shape index (κ1) is 19.4. The minimum Gasteiger partial charge on any atom is -0.205 e. The number of rotatable bonds is 3. The Morgan fingerprint density at radius 2 is 1.30 bits per heavy atom. The molecule has 3 aliphatic carbocycles. The Morgan fingerprint density at radius 1 is 0.778 bits per heavy atom. The molecule has 4 rings (SSSR count). The van der Waals surface area contributed by atoms with Crippen LogP contribution in [0.4, 0.5) is 8.78 Å². The van der Waals surface area contributed by atoms with Crippen molar-refractivity contribution in [3.8, 4) is 0 Å². The Bertz CT molecular complexity index is 654. The van der Waals surface area contributed by atoms with Crippen LogP contribution in [-0.2, 0) is 0 Å². The van der Waals surface area contributed by atoms with E-state index in [1.807, 2.05) is 0 Å². The van der Waals surface area contributed by atoms with Gasteiger partial charge in [-0.15, -0.1) is 6.58 Å². The molecule has 4 atom stereocenters. The highest BCUT2D eigenvalue weighted by molar-refractivity contribution is 6.30. The molecule has 148 valence electrons. The van der Waals surface area contributed by atoms with E-state index >= 15 is 0 Å². The summed E-state index contributed by atoms with van der Waals surface area (Å²) in [6.07, 6.45) is 14.9. The molecule has 0 amide bonds. The zero-order valence-corrected chi connectivity index (χ0v) is 16.9. The maximum atomic E-state index is 13.9. The van der Waals surface area contributed by atoms with Crippen molar-refractivity contribution in [2.75, 3.05) is 0 Å². The maximum absolute atomic E-state index is 13.9. The number of hydrogen-bond donors (Lipinski definition) is 0. The van der Waals surface area contributed by atoms with Crippen molar-refractivity contribution < 1.29 is 8.78 Å². The van der Waals surface area contributed by atoms with Crippen molar-refractivity contribution in [1.82, 2.24) is 0 Å². The summed E-state index contributed by atoms with van der Waals surface area (Å²) in [5, 5.41) is -0.376. The van der Waals surface area contributed by atoms with Crippen LogP contribution < -0.4 is 0 Å². The first-order valence-corrected chi connectivity index (χ1v) is 11.2. The van der Waals surface area contributed by atoms with Gasteiger partial charge in [-0.05, 0) is 117 Å². The molecule has 0 aromatic heterocycles. The minimum absolute atomic E-state index is 0.284. The molecular weight excluding hydrogens is 362 g/mol. The minimum atomic E-state index is -0.618. The van der Waals surface area contributed by atoms with Crippen molar-refractivity contribution in [1.29, 1.82) is 0 Å². The maximum Gasteiger partial charge on any atom is 0.145 e. The van der Waals surface area contributed by atoms with Gasteiger partial charge in [0.1, 0.15) is 16.7 Å². The lowest BCUT2D eigenvalue weighted by Crippen LogP contribution is -2.34. The van der Waals surface area contributed by atoms with Crippen molar-refractivity contribution in [2.24, 2.45) is 29.6 Å². The third-order valence-electron chi connectivity index (χ3n) is 7.95. The predicted molar refractivity (Wildman–Crippen MR) is 108 cm³/mol. The molecular formula is C24H31ClF2. The second-order valence-electron chi connectivity index (χ2n) is 9.31. The fourth-order valence-corrected chi connectivity index (χ4v) is 6.43. The number of fused-ring (bicyclic) bond motifs is 1. The van der Waals surface area contributed by atoms with Crippen molar-refractivity contribution >= 4 is 11.6 Å². The molecule has 0 radical (unpaired) electrons. The summed E-state index contributed by atoms with van der Waals surface area (Å²) in [4.78, 5) is 0. The summed E-state index contributed by atoms with van der Waals surface area (Å²) in [6, 6.07) is 2.92. The number of halogens is 3. The van der Waals surface area contributed by atoms with Crippen LogP contribution in [0.3, 0.4) is 0 Å². The predicted octanol–water partition coefficient (Wildman–Crippen LogP) is 7.91. The highest BCUT2D eigenvalue weighted by atomic mass is 35.5. The van der Waals surface area contributed by atoms with E-state index < -0.39 is 11.6 Å². The van der Waals surface area contributed by atoms with Gasteiger partial charge in [-0.25, -0.2) is 8.78 Å². The van der Waals surface area contributed by atoms with Crippen LogP contribution in [0.5, 0.6) is 0 Å². The van der Waals surface area contributed by atoms with Gasteiger partial charge < -0.3 is 0 Å². The lowest BCUT2D eigenvalue weighted by Gasteiger charge is -2.45. The molecule has 0 nitrogen and oxygen atoms in total. The molecule has 0 N–H and O–H groups in total. The molecule has 3 aliphatic rings. The fraction of sp³-hybridized carbons (Fsp3) is 0.667. The number of allylic oxidation sites excluding steroid dienone is 1. The number of benzene rings is 1. The highest BCUT2D eigenvalue weighted by Crippen LogP contribution is 2.51. The van der Waals surface area contributed by atoms with Gasteiger partial charge in [0.2, 0.25) is 0 Å². The summed E-state index contributed by atoms with van der Waals surface area (Å²) < 4.78 is 27.7. The summed E-state index contributed by atoms with van der Waals surface area (Å²) in [5.41, 5.74) is 0.803. The van der Waals surface area contributed by atoms with Gasteiger partial charge in [0.05, 0.1) is 0 Å². The zero-order valence-electron chi connectivity index (χ0n) is 16.1. The molecule has 0 heterocycles. The van der Waals surface area contributed by atoms with E-state index in [4.69, 9.17) is 11.6 Å². The lowest BCUT2D eigenvalue weighted by molar-refractivity contribution is 0.0747. The van der Waals surface area contributed by atoms with E-state index in [2.05, 4.69) is 12.7 Å². The third-order valence-corrected chi connectivity index (χ3v) is 8.31. The molecule has 27 heavy (non-hydrogen) atoms. The molecule has 0 spiro atoms. The Hall–Kier alpha value is -0.890. The molecule has 3 heteroatoms. The van der Waals surface area contributed by atoms with Crippen molar-refractivity contribution in [3.05, 3.63) is 47.0 Å². The Kier molecular flexibility index (Phi) is 5.92. The first-order chi connectivity index (χ1) is 13.0. The monoisotopic (exact) mass is 392 g/mol. The average Bonchev–Trinajstić information content (AvgIpc) is 2.71. The normalized spacial score (nSPS) is 36.9. The molecule has 1 aromatic carbocycles. The fourth-order valence-electron chi connectivity index (χ4n) is 6.32. The Morgan fingerprint density at radius 3 is 1.93 bits per heavy atom. The van der Waals surface area contributed by atoms with E-state index in [1.54, 1.807) is 0 Å². The number of hydrogen-bond acceptors (Lipinski definition) is 0. The molecule has 3 fully saturated rings. The molecule has 0 saturated heterocycles. The highest BCUT2D eigenvalue weighted by Gasteiger charge is 2.39. The second kappa shape index (κ2) is 8.23. The van der Waals surface area contributed by atoms with E-state index in [0.29, 0.717) is 0 Å². The Balaban J connectivity index is 1.36. The lowest BCUT2D eigenvalue weighted by atomic mass is 9.60. The van der Waals surface area contributed by atoms with Gasteiger partial charge in [0.25, 0.3) is 0 Å². The van der Waals surface area contributed by atoms with Gasteiger partial charge in [0.15, 0.2) is 0 Å². The van der Waals surface area contributed by atoms with Crippen LogP contribution in [0, 0.1) is 41.2 Å². The average molecular weight is 393 g/mol. The molecule has 4 unspecified atom stereocenters. The summed E-state index contributed by atoms with van der Waals surface area (Å²) in [5.74, 6) is 3.16. The van der Waals surface area contributed by atoms with Crippen LogP contribution >= 0.6 is 11.6 Å². The van der Waals surface area contributed by atoms with Crippen LogP contribution in [0.15, 0.2) is 24.8 Å². The topological polar surface area (TPSA) is 0 Å². The zero-order chi connectivity index (χ0) is 19.0. The molecule has 0 bridgehead atoms. The van der Waals surface area contributed by atoms with Gasteiger partial charge in [-0.2, -0.15) is 0 Å². The summed E-state index contributed by atoms with van der Waals surface area (Å²) in [7, 11) is 0. The Labute approximate surface area is 167 Å². The molecule has 3 saturated carbocycles. The SMILES string of the molecule is C=CC1CCC(C2CCC3CC(c4cc(F)c(Cl)c(F)c4)CCC3C2)CC1. The van der Waals surface area contributed by atoms with Gasteiger partial charge >= 0.3 is 0 Å². The first-order valence-electron chi connectivity index (χ1n) is 10.8.